The van der Waals surface area contributed by atoms with Crippen LogP contribution in [0.5, 0.6) is 0 Å². The lowest BCUT2D eigenvalue weighted by atomic mass is 10.1. The van der Waals surface area contributed by atoms with Gasteiger partial charge in [0.1, 0.15) is 6.04 Å². The van der Waals surface area contributed by atoms with Crippen LogP contribution in [0.15, 0.2) is 35.3 Å². The summed E-state index contributed by atoms with van der Waals surface area (Å²) in [7, 11) is 0. The van der Waals surface area contributed by atoms with E-state index >= 15 is 0 Å². The number of benzene rings is 1. The lowest BCUT2D eigenvalue weighted by Crippen LogP contribution is -2.29. The van der Waals surface area contributed by atoms with E-state index in [-0.39, 0.29) is 5.56 Å². The van der Waals surface area contributed by atoms with Crippen LogP contribution < -0.4 is 5.56 Å². The van der Waals surface area contributed by atoms with Crippen LogP contribution in [0.2, 0.25) is 0 Å². The molecule has 0 bridgehead atoms. The first-order chi connectivity index (χ1) is 8.54. The molecule has 1 heterocycles. The van der Waals surface area contributed by atoms with Crippen LogP contribution in [0.1, 0.15) is 24.9 Å². The molecule has 0 unspecified atom stereocenters. The van der Waals surface area contributed by atoms with Gasteiger partial charge in [-0.25, -0.2) is 4.79 Å². The minimum Gasteiger partial charge on any atom is -0.480 e. The summed E-state index contributed by atoms with van der Waals surface area (Å²) in [5.74, 6) is -0.980. The lowest BCUT2D eigenvalue weighted by Gasteiger charge is -2.14. The number of fused-ring (bicyclic) bond motifs is 1. The molecule has 0 spiro atoms. The van der Waals surface area contributed by atoms with E-state index in [0.717, 1.165) is 10.9 Å². The van der Waals surface area contributed by atoms with Gasteiger partial charge in [-0.3, -0.25) is 4.79 Å². The zero-order valence-electron chi connectivity index (χ0n) is 10.4. The number of carboxylic acids is 1. The third kappa shape index (κ3) is 2.01. The van der Waals surface area contributed by atoms with E-state index in [4.69, 9.17) is 5.11 Å². The number of hydrogen-bond acceptors (Lipinski definition) is 2. The zero-order valence-corrected chi connectivity index (χ0v) is 10.4. The molecule has 2 rings (SSSR count). The maximum atomic E-state index is 12.3. The number of rotatable bonds is 3. The van der Waals surface area contributed by atoms with Crippen LogP contribution >= 0.6 is 0 Å². The molecule has 0 aliphatic carbocycles. The lowest BCUT2D eigenvalue weighted by molar-refractivity contribution is -0.141. The molecule has 0 aliphatic heterocycles. The molecule has 1 aromatic carbocycles. The largest absolute Gasteiger partial charge is 0.480 e. The molecule has 94 valence electrons. The molecule has 2 aromatic rings. The number of aromatic nitrogens is 1. The van der Waals surface area contributed by atoms with Crippen molar-refractivity contribution in [3.63, 3.8) is 0 Å². The first kappa shape index (κ1) is 12.4. The van der Waals surface area contributed by atoms with Crippen LogP contribution in [-0.2, 0) is 4.79 Å². The third-order valence-electron chi connectivity index (χ3n) is 3.10. The van der Waals surface area contributed by atoms with Gasteiger partial charge in [0.2, 0.25) is 0 Å². The topological polar surface area (TPSA) is 59.3 Å². The van der Waals surface area contributed by atoms with E-state index in [1.54, 1.807) is 25.3 Å². The summed E-state index contributed by atoms with van der Waals surface area (Å²) >= 11 is 0. The fourth-order valence-corrected chi connectivity index (χ4v) is 2.10. The number of carbonyl (C=O) groups is 1. The van der Waals surface area contributed by atoms with Crippen LogP contribution in [0.3, 0.4) is 0 Å². The van der Waals surface area contributed by atoms with Crippen molar-refractivity contribution >= 4 is 16.7 Å². The van der Waals surface area contributed by atoms with E-state index < -0.39 is 12.0 Å². The second kappa shape index (κ2) is 4.64. The predicted molar refractivity (Wildman–Crippen MR) is 69.9 cm³/mol. The van der Waals surface area contributed by atoms with Crippen molar-refractivity contribution in [1.82, 2.24) is 4.57 Å². The van der Waals surface area contributed by atoms with Gasteiger partial charge in [0.15, 0.2) is 0 Å². The summed E-state index contributed by atoms with van der Waals surface area (Å²) in [5, 5.41) is 10.5. The molecule has 4 heteroatoms. The number of pyridine rings is 1. The van der Waals surface area contributed by atoms with E-state index in [1.165, 1.54) is 4.57 Å². The van der Waals surface area contributed by atoms with Gasteiger partial charge >= 0.3 is 5.97 Å². The average Bonchev–Trinajstić information content (AvgIpc) is 2.33. The number of aliphatic carboxylic acids is 1. The van der Waals surface area contributed by atoms with E-state index in [9.17, 15) is 9.59 Å². The highest BCUT2D eigenvalue weighted by Crippen LogP contribution is 2.15. The Hall–Kier alpha value is -2.10. The van der Waals surface area contributed by atoms with Crippen LogP contribution in [0, 0.1) is 6.92 Å². The summed E-state index contributed by atoms with van der Waals surface area (Å²) < 4.78 is 1.30. The number of aryl methyl sites for hydroxylation is 1. The summed E-state index contributed by atoms with van der Waals surface area (Å²) in [6.45, 7) is 3.66. The van der Waals surface area contributed by atoms with E-state index in [1.807, 2.05) is 19.1 Å². The molecule has 0 fully saturated rings. The molecular weight excluding hydrogens is 230 g/mol. The Labute approximate surface area is 104 Å². The summed E-state index contributed by atoms with van der Waals surface area (Å²) in [4.78, 5) is 23.4. The van der Waals surface area contributed by atoms with Crippen LogP contribution in [-0.4, -0.2) is 15.6 Å². The molecule has 0 radical (unpaired) electrons. The monoisotopic (exact) mass is 245 g/mol. The Bertz CT molecular complexity index is 658. The van der Waals surface area contributed by atoms with E-state index in [0.29, 0.717) is 11.8 Å². The smallest absolute Gasteiger partial charge is 0.326 e. The molecule has 0 aliphatic rings. The molecule has 4 nitrogen and oxygen atoms in total. The van der Waals surface area contributed by atoms with Crippen molar-refractivity contribution in [3.8, 4) is 0 Å². The van der Waals surface area contributed by atoms with Crippen molar-refractivity contribution < 1.29 is 9.90 Å². The molecule has 1 N–H and O–H groups in total. The molecule has 1 atom stereocenters. The molecule has 0 amide bonds. The Morgan fingerprint density at radius 2 is 2.11 bits per heavy atom. The van der Waals surface area contributed by atoms with Gasteiger partial charge in [-0.2, -0.15) is 0 Å². The van der Waals surface area contributed by atoms with Gasteiger partial charge in [0.25, 0.3) is 5.56 Å². The Balaban J connectivity index is 2.71. The molecule has 18 heavy (non-hydrogen) atoms. The Morgan fingerprint density at radius 3 is 2.72 bits per heavy atom. The SMILES string of the molecule is CC[C@@H](C(=O)O)n1ccc2ccc(C)cc2c1=O. The van der Waals surface area contributed by atoms with Crippen molar-refractivity contribution in [3.05, 3.63) is 46.4 Å². The maximum absolute atomic E-state index is 12.3. The van der Waals surface area contributed by atoms with Crippen molar-refractivity contribution in [1.29, 1.82) is 0 Å². The van der Waals surface area contributed by atoms with E-state index in [2.05, 4.69) is 0 Å². The molecular formula is C14H15NO3. The quantitative estimate of drug-likeness (QED) is 0.902. The number of nitrogens with zero attached hydrogens (tertiary/aromatic N) is 1. The van der Waals surface area contributed by atoms with Gasteiger partial charge in [0.05, 0.1) is 0 Å². The zero-order chi connectivity index (χ0) is 13.3. The van der Waals surface area contributed by atoms with Crippen LogP contribution in [0.4, 0.5) is 0 Å². The molecule has 1 aromatic heterocycles. The summed E-state index contributed by atoms with van der Waals surface area (Å²) in [5.41, 5.74) is 0.742. The third-order valence-corrected chi connectivity index (χ3v) is 3.10. The second-order valence-corrected chi connectivity index (χ2v) is 4.38. The number of carboxylic acid groups (broad SMARTS) is 1. The van der Waals surface area contributed by atoms with Gasteiger partial charge < -0.3 is 9.67 Å². The average molecular weight is 245 g/mol. The highest BCUT2D eigenvalue weighted by Gasteiger charge is 2.18. The highest BCUT2D eigenvalue weighted by molar-refractivity contribution is 5.82. The minimum absolute atomic E-state index is 0.245. The minimum atomic E-state index is -0.980. The number of hydrogen-bond donors (Lipinski definition) is 1. The van der Waals surface area contributed by atoms with Crippen molar-refractivity contribution in [2.24, 2.45) is 0 Å². The standard InChI is InChI=1S/C14H15NO3/c1-3-12(14(17)18)15-7-6-10-5-4-9(2)8-11(10)13(15)16/h4-8,12H,3H2,1-2H3,(H,17,18)/t12-/m0/s1. The van der Waals surface area contributed by atoms with Crippen LogP contribution in [0.25, 0.3) is 10.8 Å². The Morgan fingerprint density at radius 1 is 1.39 bits per heavy atom. The molecule has 0 saturated carbocycles. The first-order valence-corrected chi connectivity index (χ1v) is 5.89. The van der Waals surface area contributed by atoms with Gasteiger partial charge in [-0.05, 0) is 30.9 Å². The Kier molecular flexibility index (Phi) is 3.19. The van der Waals surface area contributed by atoms with Crippen molar-refractivity contribution in [2.75, 3.05) is 0 Å². The second-order valence-electron chi connectivity index (χ2n) is 4.38. The summed E-state index contributed by atoms with van der Waals surface area (Å²) in [6.07, 6.45) is 1.94. The van der Waals surface area contributed by atoms with Crippen molar-refractivity contribution in [2.45, 2.75) is 26.3 Å². The normalized spacial score (nSPS) is 12.6. The van der Waals surface area contributed by atoms with Gasteiger partial charge in [-0.15, -0.1) is 0 Å². The predicted octanol–water partition coefficient (Wildman–Crippen LogP) is 2.35. The summed E-state index contributed by atoms with van der Waals surface area (Å²) in [6, 6.07) is 6.57. The fraction of sp³-hybridized carbons (Fsp3) is 0.286. The maximum Gasteiger partial charge on any atom is 0.326 e. The molecule has 0 saturated heterocycles. The highest BCUT2D eigenvalue weighted by atomic mass is 16.4. The fourth-order valence-electron chi connectivity index (χ4n) is 2.10. The van der Waals surface area contributed by atoms with Gasteiger partial charge in [0, 0.05) is 11.6 Å². The van der Waals surface area contributed by atoms with Gasteiger partial charge in [-0.1, -0.05) is 24.6 Å². The first-order valence-electron chi connectivity index (χ1n) is 5.89.